The van der Waals surface area contributed by atoms with Crippen molar-refractivity contribution in [1.29, 1.82) is 0 Å². The monoisotopic (exact) mass is 452 g/mol. The van der Waals surface area contributed by atoms with E-state index in [-0.39, 0.29) is 21.1 Å². The van der Waals surface area contributed by atoms with Gasteiger partial charge in [0.05, 0.1) is 34.3 Å². The van der Waals surface area contributed by atoms with Crippen LogP contribution in [-0.2, 0) is 24.6 Å². The number of ether oxygens (including phenoxy) is 1. The van der Waals surface area contributed by atoms with Gasteiger partial charge in [-0.25, -0.2) is 16.8 Å². The molecule has 0 saturated carbocycles. The molecule has 1 amide bonds. The van der Waals surface area contributed by atoms with Crippen LogP contribution in [0.5, 0.6) is 0 Å². The lowest BCUT2D eigenvalue weighted by atomic mass is 10.2. The highest BCUT2D eigenvalue weighted by molar-refractivity contribution is 7.91. The fraction of sp³-hybridized carbons (Fsp3) is 0.350. The first kappa shape index (κ1) is 22.4. The van der Waals surface area contributed by atoms with Crippen LogP contribution in [0.15, 0.2) is 58.3 Å². The maximum absolute atomic E-state index is 12.7. The molecule has 0 bridgehead atoms. The van der Waals surface area contributed by atoms with Crippen molar-refractivity contribution in [3.63, 3.8) is 0 Å². The Labute approximate surface area is 176 Å². The van der Waals surface area contributed by atoms with Gasteiger partial charge in [-0.15, -0.1) is 0 Å². The van der Waals surface area contributed by atoms with Crippen molar-refractivity contribution in [3.05, 3.63) is 54.1 Å². The molecular weight excluding hydrogens is 428 g/mol. The molecule has 10 heteroatoms. The van der Waals surface area contributed by atoms with Crippen molar-refractivity contribution in [1.82, 2.24) is 4.31 Å². The lowest BCUT2D eigenvalue weighted by Gasteiger charge is -2.26. The molecule has 0 aromatic heterocycles. The zero-order chi connectivity index (χ0) is 21.8. The van der Waals surface area contributed by atoms with Crippen molar-refractivity contribution in [2.24, 2.45) is 0 Å². The summed E-state index contributed by atoms with van der Waals surface area (Å²) in [7, 11) is -7.20. The molecule has 3 rings (SSSR count). The van der Waals surface area contributed by atoms with E-state index in [1.54, 1.807) is 19.1 Å². The standard InChI is InChI=1S/C20H24N2O6S2/c1-2-15-29(24,25)19-6-4-3-5-18(19)20(23)21-16-7-9-17(10-8-16)30(26,27)22-11-13-28-14-12-22/h3-10H,2,11-15H2,1H3,(H,21,23). The maximum atomic E-state index is 12.7. The molecule has 162 valence electrons. The van der Waals surface area contributed by atoms with Crippen LogP contribution in [0.25, 0.3) is 0 Å². The van der Waals surface area contributed by atoms with Gasteiger partial charge in [-0.3, -0.25) is 4.79 Å². The van der Waals surface area contributed by atoms with Gasteiger partial charge in [0.25, 0.3) is 5.91 Å². The summed E-state index contributed by atoms with van der Waals surface area (Å²) in [6, 6.07) is 11.8. The van der Waals surface area contributed by atoms with Crippen molar-refractivity contribution >= 4 is 31.5 Å². The predicted molar refractivity (Wildman–Crippen MR) is 113 cm³/mol. The van der Waals surface area contributed by atoms with E-state index in [0.717, 1.165) is 0 Å². The molecule has 1 saturated heterocycles. The molecule has 8 nitrogen and oxygen atoms in total. The van der Waals surface area contributed by atoms with Crippen LogP contribution in [-0.4, -0.2) is 59.1 Å². The minimum absolute atomic E-state index is 0.0177. The van der Waals surface area contributed by atoms with Crippen LogP contribution in [0.3, 0.4) is 0 Å². The topological polar surface area (TPSA) is 110 Å². The van der Waals surface area contributed by atoms with Gasteiger partial charge in [0.1, 0.15) is 0 Å². The van der Waals surface area contributed by atoms with E-state index >= 15 is 0 Å². The fourth-order valence-corrected chi connectivity index (χ4v) is 6.10. The Hall–Kier alpha value is -2.27. The number of carbonyl (C=O) groups is 1. The van der Waals surface area contributed by atoms with Gasteiger partial charge in [-0.05, 0) is 42.8 Å². The third-order valence-electron chi connectivity index (χ3n) is 4.66. The van der Waals surface area contributed by atoms with Crippen LogP contribution in [0.4, 0.5) is 5.69 Å². The molecule has 1 aliphatic heterocycles. The third-order valence-corrected chi connectivity index (χ3v) is 8.54. The number of hydrogen-bond donors (Lipinski definition) is 1. The van der Waals surface area contributed by atoms with Gasteiger partial charge >= 0.3 is 0 Å². The highest BCUT2D eigenvalue weighted by atomic mass is 32.2. The van der Waals surface area contributed by atoms with Crippen LogP contribution in [0, 0.1) is 0 Å². The van der Waals surface area contributed by atoms with Gasteiger partial charge in [-0.2, -0.15) is 4.31 Å². The Balaban J connectivity index is 1.79. The van der Waals surface area contributed by atoms with E-state index in [4.69, 9.17) is 4.74 Å². The summed E-state index contributed by atoms with van der Waals surface area (Å²) < 4.78 is 56.8. The third kappa shape index (κ3) is 4.89. The maximum Gasteiger partial charge on any atom is 0.256 e. The zero-order valence-electron chi connectivity index (χ0n) is 16.6. The quantitative estimate of drug-likeness (QED) is 0.689. The van der Waals surface area contributed by atoms with E-state index in [9.17, 15) is 21.6 Å². The van der Waals surface area contributed by atoms with Crippen molar-refractivity contribution in [2.75, 3.05) is 37.4 Å². The molecule has 0 atom stereocenters. The number of anilines is 1. The average Bonchev–Trinajstić information content (AvgIpc) is 2.75. The molecule has 30 heavy (non-hydrogen) atoms. The summed E-state index contributed by atoms with van der Waals surface area (Å²) in [5.74, 6) is -0.625. The van der Waals surface area contributed by atoms with Gasteiger partial charge < -0.3 is 10.1 Å². The first-order chi connectivity index (χ1) is 14.3. The number of sulfone groups is 1. The van der Waals surface area contributed by atoms with Crippen molar-refractivity contribution in [3.8, 4) is 0 Å². The highest BCUT2D eigenvalue weighted by Crippen LogP contribution is 2.22. The van der Waals surface area contributed by atoms with Crippen LogP contribution < -0.4 is 5.32 Å². The lowest BCUT2D eigenvalue weighted by molar-refractivity contribution is 0.0730. The molecule has 1 N–H and O–H groups in total. The molecule has 0 radical (unpaired) electrons. The summed E-state index contributed by atoms with van der Waals surface area (Å²) in [6.07, 6.45) is 0.442. The Morgan fingerprint density at radius 2 is 1.63 bits per heavy atom. The summed E-state index contributed by atoms with van der Waals surface area (Å²) in [5, 5.41) is 2.64. The molecular formula is C20H24N2O6S2. The molecule has 2 aromatic carbocycles. The summed E-state index contributed by atoms with van der Waals surface area (Å²) in [4.78, 5) is 12.8. The van der Waals surface area contributed by atoms with E-state index in [1.807, 2.05) is 0 Å². The second-order valence-corrected chi connectivity index (χ2v) is 10.8. The number of hydrogen-bond acceptors (Lipinski definition) is 6. The Bertz CT molecular complexity index is 1110. The van der Waals surface area contributed by atoms with Gasteiger partial charge in [-0.1, -0.05) is 19.1 Å². The van der Waals surface area contributed by atoms with Crippen LogP contribution >= 0.6 is 0 Å². The fourth-order valence-electron chi connectivity index (χ4n) is 3.15. The SMILES string of the molecule is CCCS(=O)(=O)c1ccccc1C(=O)Nc1ccc(S(=O)(=O)N2CCOCC2)cc1. The molecule has 0 aliphatic carbocycles. The number of sulfonamides is 1. The Morgan fingerprint density at radius 3 is 2.27 bits per heavy atom. The van der Waals surface area contributed by atoms with Crippen molar-refractivity contribution < 1.29 is 26.4 Å². The smallest absolute Gasteiger partial charge is 0.256 e. The van der Waals surface area contributed by atoms with Crippen LogP contribution in [0.1, 0.15) is 23.7 Å². The average molecular weight is 453 g/mol. The summed E-state index contributed by atoms with van der Waals surface area (Å²) >= 11 is 0. The predicted octanol–water partition coefficient (Wildman–Crippen LogP) is 2.14. The first-order valence-electron chi connectivity index (χ1n) is 9.57. The number of carbonyl (C=O) groups excluding carboxylic acids is 1. The Kier molecular flexibility index (Phi) is 6.91. The van der Waals surface area contributed by atoms with Gasteiger partial charge in [0, 0.05) is 18.8 Å². The van der Waals surface area contributed by atoms with E-state index in [2.05, 4.69) is 5.32 Å². The number of morpholine rings is 1. The molecule has 0 unspecified atom stereocenters. The van der Waals surface area contributed by atoms with E-state index in [0.29, 0.717) is 38.4 Å². The lowest BCUT2D eigenvalue weighted by Crippen LogP contribution is -2.40. The minimum atomic E-state index is -3.63. The van der Waals surface area contributed by atoms with E-state index in [1.165, 1.54) is 40.7 Å². The van der Waals surface area contributed by atoms with Gasteiger partial charge in [0.15, 0.2) is 9.84 Å². The molecule has 1 aliphatic rings. The number of rotatable bonds is 7. The number of amides is 1. The largest absolute Gasteiger partial charge is 0.379 e. The van der Waals surface area contributed by atoms with E-state index < -0.39 is 25.8 Å². The number of nitrogens with zero attached hydrogens (tertiary/aromatic N) is 1. The summed E-state index contributed by atoms with van der Waals surface area (Å²) in [6.45, 7) is 3.06. The van der Waals surface area contributed by atoms with Gasteiger partial charge in [0.2, 0.25) is 10.0 Å². The van der Waals surface area contributed by atoms with Crippen molar-refractivity contribution in [2.45, 2.75) is 23.1 Å². The minimum Gasteiger partial charge on any atom is -0.379 e. The first-order valence-corrected chi connectivity index (χ1v) is 12.7. The van der Waals surface area contributed by atoms with Crippen LogP contribution in [0.2, 0.25) is 0 Å². The molecule has 0 spiro atoms. The Morgan fingerprint density at radius 1 is 1.00 bits per heavy atom. The molecule has 2 aromatic rings. The second kappa shape index (κ2) is 9.25. The molecule has 1 heterocycles. The zero-order valence-corrected chi connectivity index (χ0v) is 18.2. The number of nitrogens with one attached hydrogen (secondary N) is 1. The normalized spacial score (nSPS) is 15.6. The number of benzene rings is 2. The molecule has 1 fully saturated rings. The second-order valence-electron chi connectivity index (χ2n) is 6.81. The summed E-state index contributed by atoms with van der Waals surface area (Å²) in [5.41, 5.74) is 0.416. The highest BCUT2D eigenvalue weighted by Gasteiger charge is 2.26.